The fourth-order valence-corrected chi connectivity index (χ4v) is 3.49. The summed E-state index contributed by atoms with van der Waals surface area (Å²) in [5.74, 6) is 3.63. The minimum absolute atomic E-state index is 0. The summed E-state index contributed by atoms with van der Waals surface area (Å²) in [7, 11) is 1.78. The molecule has 1 unspecified atom stereocenters. The van der Waals surface area contributed by atoms with E-state index in [0.717, 1.165) is 24.0 Å². The van der Waals surface area contributed by atoms with Crippen molar-refractivity contribution in [3.8, 4) is 0 Å². The van der Waals surface area contributed by atoms with Crippen molar-refractivity contribution in [2.45, 2.75) is 44.9 Å². The van der Waals surface area contributed by atoms with Gasteiger partial charge in [-0.25, -0.2) is 4.98 Å². The Kier molecular flexibility index (Phi) is 7.32. The van der Waals surface area contributed by atoms with Gasteiger partial charge in [-0.1, -0.05) is 0 Å². The Hall–Kier alpha value is -0.440. The maximum absolute atomic E-state index is 5.55. The third-order valence-electron chi connectivity index (χ3n) is 3.63. The van der Waals surface area contributed by atoms with Crippen LogP contribution in [-0.2, 0) is 6.54 Å². The van der Waals surface area contributed by atoms with E-state index >= 15 is 0 Å². The molecule has 0 amide bonds. The van der Waals surface area contributed by atoms with E-state index < -0.39 is 0 Å². The van der Waals surface area contributed by atoms with E-state index in [1.807, 2.05) is 25.6 Å². The molecule has 5 nitrogen and oxygen atoms in total. The summed E-state index contributed by atoms with van der Waals surface area (Å²) in [5.41, 5.74) is 0.944. The second-order valence-corrected chi connectivity index (χ2v) is 7.11. The molecule has 0 aliphatic carbocycles. The second-order valence-electron chi connectivity index (χ2n) is 5.43. The van der Waals surface area contributed by atoms with Crippen molar-refractivity contribution in [3.63, 3.8) is 0 Å². The summed E-state index contributed by atoms with van der Waals surface area (Å²) in [5, 5.41) is 6.63. The lowest BCUT2D eigenvalue weighted by Crippen LogP contribution is -2.43. The zero-order valence-corrected chi connectivity index (χ0v) is 16.3. The Morgan fingerprint density at radius 1 is 1.43 bits per heavy atom. The molecule has 1 aromatic rings. The van der Waals surface area contributed by atoms with Gasteiger partial charge in [0.1, 0.15) is 5.76 Å². The number of aromatic nitrogens is 1. The largest absolute Gasteiger partial charge is 0.444 e. The van der Waals surface area contributed by atoms with Crippen LogP contribution in [0.2, 0.25) is 0 Å². The zero-order chi connectivity index (χ0) is 14.6. The van der Waals surface area contributed by atoms with Gasteiger partial charge in [0.05, 0.1) is 12.2 Å². The molecule has 2 heterocycles. The van der Waals surface area contributed by atoms with Crippen LogP contribution < -0.4 is 10.6 Å². The molecule has 0 radical (unpaired) electrons. The summed E-state index contributed by atoms with van der Waals surface area (Å²) >= 11 is 2.04. The summed E-state index contributed by atoms with van der Waals surface area (Å²) in [6, 6.07) is 0. The molecule has 1 atom stereocenters. The van der Waals surface area contributed by atoms with E-state index in [4.69, 9.17) is 4.42 Å². The highest BCUT2D eigenvalue weighted by molar-refractivity contribution is 14.0. The highest BCUT2D eigenvalue weighted by Gasteiger charge is 2.29. The maximum Gasteiger partial charge on any atom is 0.214 e. The Bertz CT molecular complexity index is 464. The van der Waals surface area contributed by atoms with Crippen LogP contribution in [0.25, 0.3) is 0 Å². The van der Waals surface area contributed by atoms with E-state index in [1.165, 1.54) is 18.6 Å². The zero-order valence-electron chi connectivity index (χ0n) is 13.2. The molecule has 120 valence electrons. The molecule has 0 aromatic carbocycles. The first kappa shape index (κ1) is 18.6. The molecule has 1 saturated heterocycles. The Morgan fingerprint density at radius 3 is 2.71 bits per heavy atom. The van der Waals surface area contributed by atoms with Crippen LogP contribution in [0.3, 0.4) is 0 Å². The lowest BCUT2D eigenvalue weighted by molar-refractivity contribution is 0.463. The van der Waals surface area contributed by atoms with Crippen LogP contribution >= 0.6 is 35.7 Å². The molecular weight excluding hydrogens is 399 g/mol. The van der Waals surface area contributed by atoms with Gasteiger partial charge in [0.15, 0.2) is 5.96 Å². The lowest BCUT2D eigenvalue weighted by Gasteiger charge is -2.24. The number of nitrogens with zero attached hydrogens (tertiary/aromatic N) is 2. The Morgan fingerprint density at radius 2 is 2.19 bits per heavy atom. The molecule has 7 heteroatoms. The fourth-order valence-electron chi connectivity index (χ4n) is 2.24. The van der Waals surface area contributed by atoms with Gasteiger partial charge in [-0.05, 0) is 39.4 Å². The first-order valence-electron chi connectivity index (χ1n) is 7.04. The number of aliphatic imine (C=N–C) groups is 1. The minimum atomic E-state index is 0. The van der Waals surface area contributed by atoms with Crippen LogP contribution in [0.15, 0.2) is 9.41 Å². The van der Waals surface area contributed by atoms with Crippen LogP contribution in [-0.4, -0.2) is 35.0 Å². The molecule has 0 spiro atoms. The van der Waals surface area contributed by atoms with Crippen molar-refractivity contribution in [3.05, 3.63) is 17.3 Å². The molecule has 0 saturated carbocycles. The number of nitrogens with one attached hydrogen (secondary N) is 2. The topological polar surface area (TPSA) is 62.5 Å². The van der Waals surface area contributed by atoms with E-state index in [2.05, 4.69) is 27.5 Å². The second kappa shape index (κ2) is 8.26. The first-order chi connectivity index (χ1) is 9.52. The molecular formula is C14H25IN4OS. The van der Waals surface area contributed by atoms with Crippen molar-refractivity contribution >= 4 is 41.7 Å². The number of halogens is 1. The normalized spacial score (nSPS) is 22.0. The summed E-state index contributed by atoms with van der Waals surface area (Å²) in [6.45, 7) is 7.68. The van der Waals surface area contributed by atoms with Crippen molar-refractivity contribution in [1.82, 2.24) is 15.6 Å². The molecule has 2 N–H and O–H groups in total. The highest BCUT2D eigenvalue weighted by Crippen LogP contribution is 2.36. The first-order valence-corrected chi connectivity index (χ1v) is 8.02. The Labute approximate surface area is 148 Å². The fraction of sp³-hybridized carbons (Fsp3) is 0.714. The predicted molar refractivity (Wildman–Crippen MR) is 99.7 cm³/mol. The van der Waals surface area contributed by atoms with Crippen LogP contribution in [0.5, 0.6) is 0 Å². The van der Waals surface area contributed by atoms with Crippen molar-refractivity contribution in [2.24, 2.45) is 4.99 Å². The van der Waals surface area contributed by atoms with Crippen molar-refractivity contribution < 1.29 is 4.42 Å². The van der Waals surface area contributed by atoms with E-state index in [0.29, 0.717) is 17.2 Å². The molecule has 1 aromatic heterocycles. The van der Waals surface area contributed by atoms with Crippen molar-refractivity contribution in [2.75, 3.05) is 19.3 Å². The van der Waals surface area contributed by atoms with Gasteiger partial charge in [0.2, 0.25) is 5.89 Å². The average molecular weight is 424 g/mol. The standard InChI is InChI=1S/C14H24N4OS.HI/c1-10-11(2)19-12(18-10)8-16-13(15-4)17-9-14(3)6-5-7-20-14;/h5-9H2,1-4H3,(H2,15,16,17);1H. The van der Waals surface area contributed by atoms with Gasteiger partial charge in [0.25, 0.3) is 0 Å². The number of hydrogen-bond donors (Lipinski definition) is 2. The van der Waals surface area contributed by atoms with Gasteiger partial charge in [-0.2, -0.15) is 11.8 Å². The molecule has 1 aliphatic heterocycles. The smallest absolute Gasteiger partial charge is 0.214 e. The number of rotatable bonds is 4. The molecule has 1 fully saturated rings. The number of hydrogen-bond acceptors (Lipinski definition) is 4. The van der Waals surface area contributed by atoms with E-state index in [-0.39, 0.29) is 24.0 Å². The Balaban J connectivity index is 0.00000220. The maximum atomic E-state index is 5.55. The van der Waals surface area contributed by atoms with Gasteiger partial charge in [-0.3, -0.25) is 4.99 Å². The quantitative estimate of drug-likeness (QED) is 0.442. The molecule has 2 rings (SSSR count). The summed E-state index contributed by atoms with van der Waals surface area (Å²) < 4.78 is 5.87. The highest BCUT2D eigenvalue weighted by atomic mass is 127. The van der Waals surface area contributed by atoms with Gasteiger partial charge in [0, 0.05) is 18.3 Å². The van der Waals surface area contributed by atoms with Crippen LogP contribution in [0.1, 0.15) is 37.1 Å². The van der Waals surface area contributed by atoms with Gasteiger partial charge >= 0.3 is 0 Å². The predicted octanol–water partition coefficient (Wildman–Crippen LogP) is 2.86. The summed E-state index contributed by atoms with van der Waals surface area (Å²) in [4.78, 5) is 8.59. The number of thioether (sulfide) groups is 1. The number of oxazole rings is 1. The average Bonchev–Trinajstić information content (AvgIpc) is 2.98. The van der Waals surface area contributed by atoms with Crippen molar-refractivity contribution in [1.29, 1.82) is 0 Å². The third kappa shape index (κ3) is 5.36. The number of guanidine groups is 1. The molecule has 0 bridgehead atoms. The number of aryl methyl sites for hydroxylation is 2. The molecule has 21 heavy (non-hydrogen) atoms. The SMILES string of the molecule is CN=C(NCc1nc(C)c(C)o1)NCC1(C)CCCS1.I. The minimum Gasteiger partial charge on any atom is -0.444 e. The van der Waals surface area contributed by atoms with E-state index in [9.17, 15) is 0 Å². The third-order valence-corrected chi connectivity index (χ3v) is 5.17. The molecule has 1 aliphatic rings. The van der Waals surface area contributed by atoms with E-state index in [1.54, 1.807) is 7.05 Å². The summed E-state index contributed by atoms with van der Waals surface area (Å²) in [6.07, 6.45) is 2.57. The lowest BCUT2D eigenvalue weighted by atomic mass is 10.1. The van der Waals surface area contributed by atoms with Crippen LogP contribution in [0.4, 0.5) is 0 Å². The van der Waals surface area contributed by atoms with Crippen LogP contribution in [0, 0.1) is 13.8 Å². The monoisotopic (exact) mass is 424 g/mol. The van der Waals surface area contributed by atoms with Gasteiger partial charge in [-0.15, -0.1) is 24.0 Å². The van der Waals surface area contributed by atoms with Gasteiger partial charge < -0.3 is 15.1 Å².